The number of nitrogens with two attached hydrogens (primary N) is 1. The molecular weight excluding hydrogens is 268 g/mol. The van der Waals surface area contributed by atoms with Crippen LogP contribution >= 0.6 is 0 Å². The van der Waals surface area contributed by atoms with Crippen LogP contribution in [0.4, 0.5) is 5.69 Å². The van der Waals surface area contributed by atoms with Crippen molar-refractivity contribution < 1.29 is 19.2 Å². The van der Waals surface area contributed by atoms with Gasteiger partial charge in [0.2, 0.25) is 12.3 Å². The molecule has 0 aliphatic carbocycles. The Hall–Kier alpha value is -2.71. The Kier molecular flexibility index (Phi) is 7.26. The molecule has 0 radical (unpaired) electrons. The molecule has 0 bridgehead atoms. The minimum Gasteiger partial charge on any atom is -0.477 e. The van der Waals surface area contributed by atoms with Crippen molar-refractivity contribution in [2.24, 2.45) is 5.73 Å². The summed E-state index contributed by atoms with van der Waals surface area (Å²) in [6, 6.07) is 1.04. The van der Waals surface area contributed by atoms with E-state index in [9.17, 15) is 19.7 Å². The highest BCUT2D eigenvalue weighted by Gasteiger charge is 2.16. The fourth-order valence-corrected chi connectivity index (χ4v) is 0.969. The standard InChI is InChI=1S/C8H9N3O4.C3H7NO/c1-2-15-8-6(7(9)12)3-5(4-10-8)11(13)14;1-4(2)3-5/h3-4H,2H2,1H3,(H2,9,12);3H,1-2H3. The van der Waals surface area contributed by atoms with E-state index >= 15 is 0 Å². The van der Waals surface area contributed by atoms with E-state index in [0.717, 1.165) is 18.7 Å². The predicted molar refractivity (Wildman–Crippen MR) is 70.3 cm³/mol. The number of nitrogens with zero attached hydrogens (tertiary/aromatic N) is 3. The fourth-order valence-electron chi connectivity index (χ4n) is 0.969. The Balaban J connectivity index is 0.000000621. The molecule has 20 heavy (non-hydrogen) atoms. The number of carbonyl (C=O) groups is 2. The summed E-state index contributed by atoms with van der Waals surface area (Å²) >= 11 is 0. The summed E-state index contributed by atoms with van der Waals surface area (Å²) in [7, 11) is 3.38. The van der Waals surface area contributed by atoms with Gasteiger partial charge in [0.1, 0.15) is 11.8 Å². The monoisotopic (exact) mass is 284 g/mol. The molecule has 0 fully saturated rings. The van der Waals surface area contributed by atoms with Gasteiger partial charge in [-0.1, -0.05) is 0 Å². The number of rotatable bonds is 5. The summed E-state index contributed by atoms with van der Waals surface area (Å²) < 4.78 is 5.00. The summed E-state index contributed by atoms with van der Waals surface area (Å²) in [5.74, 6) is -0.801. The van der Waals surface area contributed by atoms with Crippen LogP contribution in [0.3, 0.4) is 0 Å². The lowest BCUT2D eigenvalue weighted by Gasteiger charge is -2.05. The molecule has 1 rings (SSSR count). The van der Waals surface area contributed by atoms with Crippen LogP contribution in [0.2, 0.25) is 0 Å². The van der Waals surface area contributed by atoms with Crippen molar-refractivity contribution in [3.8, 4) is 5.88 Å². The third-order valence-corrected chi connectivity index (χ3v) is 1.80. The number of ether oxygens (including phenoxy) is 1. The van der Waals surface area contributed by atoms with Crippen molar-refractivity contribution in [1.29, 1.82) is 0 Å². The van der Waals surface area contributed by atoms with Crippen molar-refractivity contribution in [3.63, 3.8) is 0 Å². The zero-order chi connectivity index (χ0) is 15.7. The summed E-state index contributed by atoms with van der Waals surface area (Å²) in [6.45, 7) is 2.00. The Morgan fingerprint density at radius 1 is 1.60 bits per heavy atom. The molecule has 9 heteroatoms. The minimum atomic E-state index is -0.811. The SMILES string of the molecule is CCOc1ncc([N+](=O)[O-])cc1C(N)=O.CN(C)C=O. The van der Waals surface area contributed by atoms with Crippen LogP contribution < -0.4 is 10.5 Å². The number of nitro groups is 1. The van der Waals surface area contributed by atoms with E-state index in [-0.39, 0.29) is 17.1 Å². The Labute approximate surface area is 115 Å². The van der Waals surface area contributed by atoms with Gasteiger partial charge >= 0.3 is 0 Å². The highest BCUT2D eigenvalue weighted by molar-refractivity contribution is 5.95. The van der Waals surface area contributed by atoms with E-state index in [2.05, 4.69) is 4.98 Å². The van der Waals surface area contributed by atoms with Gasteiger partial charge in [-0.15, -0.1) is 0 Å². The molecular formula is C11H16N4O5. The van der Waals surface area contributed by atoms with Crippen molar-refractivity contribution in [3.05, 3.63) is 27.9 Å². The van der Waals surface area contributed by atoms with Gasteiger partial charge in [-0.2, -0.15) is 0 Å². The highest BCUT2D eigenvalue weighted by atomic mass is 16.6. The second-order valence-electron chi connectivity index (χ2n) is 3.67. The molecule has 0 aliphatic heterocycles. The normalized spacial score (nSPS) is 8.95. The Morgan fingerprint density at radius 2 is 2.15 bits per heavy atom. The summed E-state index contributed by atoms with van der Waals surface area (Å²) in [5, 5.41) is 10.4. The molecule has 9 nitrogen and oxygen atoms in total. The van der Waals surface area contributed by atoms with Crippen molar-refractivity contribution in [1.82, 2.24) is 9.88 Å². The van der Waals surface area contributed by atoms with E-state index in [1.165, 1.54) is 4.90 Å². The molecule has 0 atom stereocenters. The molecule has 1 aromatic heterocycles. The van der Waals surface area contributed by atoms with Gasteiger partial charge in [-0.3, -0.25) is 19.7 Å². The number of aromatic nitrogens is 1. The van der Waals surface area contributed by atoms with Crippen LogP contribution in [0.1, 0.15) is 17.3 Å². The zero-order valence-electron chi connectivity index (χ0n) is 11.4. The van der Waals surface area contributed by atoms with Crippen LogP contribution in [-0.2, 0) is 4.79 Å². The maximum atomic E-state index is 11.0. The topological polar surface area (TPSA) is 129 Å². The number of carbonyl (C=O) groups excluding carboxylic acids is 2. The zero-order valence-corrected chi connectivity index (χ0v) is 11.4. The lowest BCUT2D eigenvalue weighted by atomic mass is 10.2. The highest BCUT2D eigenvalue weighted by Crippen LogP contribution is 2.20. The average molecular weight is 284 g/mol. The van der Waals surface area contributed by atoms with Crippen LogP contribution in [0.25, 0.3) is 0 Å². The molecule has 0 spiro atoms. The molecule has 0 aromatic carbocycles. The molecule has 0 unspecified atom stereocenters. The first kappa shape index (κ1) is 17.3. The second-order valence-corrected chi connectivity index (χ2v) is 3.67. The molecule has 2 amide bonds. The minimum absolute atomic E-state index is 0.00981. The van der Waals surface area contributed by atoms with E-state index in [4.69, 9.17) is 10.5 Å². The summed E-state index contributed by atoms with van der Waals surface area (Å²) in [4.78, 5) is 35.2. The summed E-state index contributed by atoms with van der Waals surface area (Å²) in [6.07, 6.45) is 1.76. The van der Waals surface area contributed by atoms with Crippen molar-refractivity contribution >= 4 is 18.0 Å². The van der Waals surface area contributed by atoms with Crippen molar-refractivity contribution in [2.75, 3.05) is 20.7 Å². The van der Waals surface area contributed by atoms with Crippen LogP contribution in [0, 0.1) is 10.1 Å². The number of amides is 2. The van der Waals surface area contributed by atoms with E-state index in [0.29, 0.717) is 6.61 Å². The number of pyridine rings is 1. The third kappa shape index (κ3) is 5.76. The molecule has 1 heterocycles. The van der Waals surface area contributed by atoms with Gasteiger partial charge in [0.05, 0.1) is 11.5 Å². The molecule has 110 valence electrons. The van der Waals surface area contributed by atoms with Gasteiger partial charge in [-0.05, 0) is 6.92 Å². The van der Waals surface area contributed by atoms with Crippen LogP contribution in [-0.4, -0.2) is 47.8 Å². The first-order valence-electron chi connectivity index (χ1n) is 5.52. The number of hydrogen-bond acceptors (Lipinski definition) is 6. The second kappa shape index (κ2) is 8.40. The van der Waals surface area contributed by atoms with Crippen molar-refractivity contribution in [2.45, 2.75) is 6.92 Å². The quantitative estimate of drug-likeness (QED) is 0.467. The third-order valence-electron chi connectivity index (χ3n) is 1.80. The predicted octanol–water partition coefficient (Wildman–Crippen LogP) is 0.192. The molecule has 0 aliphatic rings. The van der Waals surface area contributed by atoms with Gasteiger partial charge in [0.15, 0.2) is 0 Å². The first-order chi connectivity index (χ1) is 9.33. The molecule has 0 saturated carbocycles. The average Bonchev–Trinajstić information content (AvgIpc) is 2.39. The Morgan fingerprint density at radius 3 is 2.50 bits per heavy atom. The van der Waals surface area contributed by atoms with E-state index < -0.39 is 10.8 Å². The van der Waals surface area contributed by atoms with Gasteiger partial charge in [-0.25, -0.2) is 4.98 Å². The molecule has 2 N–H and O–H groups in total. The van der Waals surface area contributed by atoms with Gasteiger partial charge in [0.25, 0.3) is 11.6 Å². The summed E-state index contributed by atoms with van der Waals surface area (Å²) in [5.41, 5.74) is 4.64. The van der Waals surface area contributed by atoms with Gasteiger partial charge in [0, 0.05) is 20.2 Å². The lowest BCUT2D eigenvalue weighted by molar-refractivity contribution is -0.385. The van der Waals surface area contributed by atoms with E-state index in [1.54, 1.807) is 21.0 Å². The fraction of sp³-hybridized carbons (Fsp3) is 0.364. The molecule has 0 saturated heterocycles. The van der Waals surface area contributed by atoms with Gasteiger partial charge < -0.3 is 15.4 Å². The smallest absolute Gasteiger partial charge is 0.288 e. The Bertz CT molecular complexity index is 490. The maximum Gasteiger partial charge on any atom is 0.288 e. The number of primary amides is 1. The van der Waals surface area contributed by atoms with E-state index in [1.807, 2.05) is 0 Å². The maximum absolute atomic E-state index is 11.0. The van der Waals surface area contributed by atoms with Crippen LogP contribution in [0.5, 0.6) is 5.88 Å². The lowest BCUT2D eigenvalue weighted by Crippen LogP contribution is -2.14. The number of hydrogen-bond donors (Lipinski definition) is 1. The largest absolute Gasteiger partial charge is 0.477 e. The van der Waals surface area contributed by atoms with Crippen LogP contribution in [0.15, 0.2) is 12.3 Å². The molecule has 1 aromatic rings. The first-order valence-corrected chi connectivity index (χ1v) is 5.52.